The molecule has 0 atom stereocenters. The largest absolute Gasteiger partial charge is 0.331 e. The van der Waals surface area contributed by atoms with Gasteiger partial charge >= 0.3 is 0 Å². The van der Waals surface area contributed by atoms with Crippen molar-refractivity contribution in [2.75, 3.05) is 13.6 Å². The fraction of sp³-hybridized carbons (Fsp3) is 0.308. The zero-order chi connectivity index (χ0) is 12.3. The number of rotatable bonds is 4. The van der Waals surface area contributed by atoms with E-state index in [1.165, 1.54) is 5.56 Å². The second kappa shape index (κ2) is 5.47. The number of benzene rings is 1. The third-order valence-corrected chi connectivity index (χ3v) is 3.35. The molecule has 1 aromatic carbocycles. The Morgan fingerprint density at radius 2 is 2.00 bits per heavy atom. The van der Waals surface area contributed by atoms with Crippen LogP contribution in [-0.2, 0) is 13.5 Å². The molecule has 0 amide bonds. The first-order valence-corrected chi connectivity index (χ1v) is 6.43. The van der Waals surface area contributed by atoms with Gasteiger partial charge in [0.2, 0.25) is 0 Å². The summed E-state index contributed by atoms with van der Waals surface area (Å²) in [5.74, 6) is 1.11. The van der Waals surface area contributed by atoms with Crippen LogP contribution in [0.5, 0.6) is 0 Å². The van der Waals surface area contributed by atoms with E-state index in [-0.39, 0.29) is 0 Å². The van der Waals surface area contributed by atoms with E-state index in [9.17, 15) is 0 Å². The van der Waals surface area contributed by atoms with Crippen LogP contribution in [0.1, 0.15) is 5.82 Å². The highest BCUT2D eigenvalue weighted by molar-refractivity contribution is 9.10. The van der Waals surface area contributed by atoms with Crippen molar-refractivity contribution in [3.8, 4) is 11.3 Å². The van der Waals surface area contributed by atoms with Crippen LogP contribution in [0.2, 0.25) is 0 Å². The maximum absolute atomic E-state index is 4.46. The molecule has 1 N–H and O–H groups in total. The average Bonchev–Trinajstić information content (AvgIpc) is 2.69. The molecule has 90 valence electrons. The lowest BCUT2D eigenvalue weighted by Crippen LogP contribution is -2.13. The molecule has 4 heteroatoms. The number of hydrogen-bond acceptors (Lipinski definition) is 2. The molecule has 0 saturated carbocycles. The van der Waals surface area contributed by atoms with Gasteiger partial charge in [-0.3, -0.25) is 0 Å². The first kappa shape index (κ1) is 12.3. The normalized spacial score (nSPS) is 10.8. The Labute approximate surface area is 110 Å². The maximum atomic E-state index is 4.46. The molecule has 1 aromatic heterocycles. The van der Waals surface area contributed by atoms with Crippen molar-refractivity contribution in [2.24, 2.45) is 7.05 Å². The summed E-state index contributed by atoms with van der Waals surface area (Å²) in [4.78, 5) is 4.46. The zero-order valence-corrected chi connectivity index (χ0v) is 11.7. The second-order valence-electron chi connectivity index (χ2n) is 3.98. The minimum Gasteiger partial charge on any atom is -0.331 e. The predicted molar refractivity (Wildman–Crippen MR) is 74.0 cm³/mol. The minimum atomic E-state index is 0.948. The number of hydrogen-bond donors (Lipinski definition) is 1. The van der Waals surface area contributed by atoms with Gasteiger partial charge in [-0.15, -0.1) is 0 Å². The summed E-state index contributed by atoms with van der Waals surface area (Å²) >= 11 is 3.45. The summed E-state index contributed by atoms with van der Waals surface area (Å²) in [5.41, 5.74) is 2.35. The third kappa shape index (κ3) is 2.76. The summed E-state index contributed by atoms with van der Waals surface area (Å²) in [5, 5.41) is 3.14. The van der Waals surface area contributed by atoms with Crippen LogP contribution >= 0.6 is 15.9 Å². The summed E-state index contributed by atoms with van der Waals surface area (Å²) in [6, 6.07) is 8.30. The summed E-state index contributed by atoms with van der Waals surface area (Å²) in [6.45, 7) is 0.949. The Morgan fingerprint density at radius 1 is 1.29 bits per heavy atom. The number of nitrogens with one attached hydrogen (secondary N) is 1. The standard InChI is InChI=1S/C13H16BrN3/c1-15-8-7-13-16-9-12(17(13)2)10-3-5-11(14)6-4-10/h3-6,9,15H,7-8H2,1-2H3. The van der Waals surface area contributed by atoms with E-state index in [0.29, 0.717) is 0 Å². The lowest BCUT2D eigenvalue weighted by molar-refractivity contribution is 0.720. The Balaban J connectivity index is 2.27. The van der Waals surface area contributed by atoms with Crippen molar-refractivity contribution in [1.82, 2.24) is 14.9 Å². The SMILES string of the molecule is CNCCc1ncc(-c2ccc(Br)cc2)n1C. The van der Waals surface area contributed by atoms with Crippen molar-refractivity contribution in [3.63, 3.8) is 0 Å². The Hall–Kier alpha value is -1.13. The van der Waals surface area contributed by atoms with E-state index in [0.717, 1.165) is 29.0 Å². The Kier molecular flexibility index (Phi) is 3.97. The van der Waals surface area contributed by atoms with Gasteiger partial charge in [-0.1, -0.05) is 28.1 Å². The van der Waals surface area contributed by atoms with Gasteiger partial charge in [0.15, 0.2) is 0 Å². The first-order chi connectivity index (χ1) is 8.22. The molecule has 0 unspecified atom stereocenters. The van der Waals surface area contributed by atoms with Crippen molar-refractivity contribution < 1.29 is 0 Å². The molecule has 0 aliphatic rings. The van der Waals surface area contributed by atoms with E-state index in [1.54, 1.807) is 0 Å². The van der Waals surface area contributed by atoms with Gasteiger partial charge in [0.25, 0.3) is 0 Å². The Bertz CT molecular complexity index is 488. The molecule has 1 heterocycles. The molecule has 0 saturated heterocycles. The fourth-order valence-electron chi connectivity index (χ4n) is 1.81. The number of likely N-dealkylation sites (N-methyl/N-ethyl adjacent to an activating group) is 1. The quantitative estimate of drug-likeness (QED) is 0.939. The monoisotopic (exact) mass is 293 g/mol. The van der Waals surface area contributed by atoms with Crippen molar-refractivity contribution >= 4 is 15.9 Å². The lowest BCUT2D eigenvalue weighted by atomic mass is 10.2. The van der Waals surface area contributed by atoms with E-state index in [1.807, 2.05) is 13.2 Å². The molecule has 2 rings (SSSR count). The third-order valence-electron chi connectivity index (χ3n) is 2.82. The van der Waals surface area contributed by atoms with Gasteiger partial charge in [0.05, 0.1) is 11.9 Å². The summed E-state index contributed by atoms with van der Waals surface area (Å²) < 4.78 is 3.25. The van der Waals surface area contributed by atoms with Gasteiger partial charge in [-0.25, -0.2) is 4.98 Å². The average molecular weight is 294 g/mol. The number of aromatic nitrogens is 2. The number of imidazole rings is 1. The van der Waals surface area contributed by atoms with Gasteiger partial charge in [-0.05, 0) is 24.7 Å². The van der Waals surface area contributed by atoms with E-state index in [2.05, 4.69) is 62.1 Å². The Morgan fingerprint density at radius 3 is 2.65 bits per heavy atom. The zero-order valence-electron chi connectivity index (χ0n) is 10.1. The topological polar surface area (TPSA) is 29.9 Å². The van der Waals surface area contributed by atoms with Crippen molar-refractivity contribution in [1.29, 1.82) is 0 Å². The van der Waals surface area contributed by atoms with Gasteiger partial charge in [0, 0.05) is 24.5 Å². The predicted octanol–water partition coefficient (Wildman–Crippen LogP) is 2.61. The minimum absolute atomic E-state index is 0.948. The van der Waals surface area contributed by atoms with Crippen LogP contribution in [0.3, 0.4) is 0 Å². The molecular formula is C13H16BrN3. The van der Waals surface area contributed by atoms with Crippen LogP contribution in [-0.4, -0.2) is 23.1 Å². The highest BCUT2D eigenvalue weighted by atomic mass is 79.9. The van der Waals surface area contributed by atoms with E-state index >= 15 is 0 Å². The van der Waals surface area contributed by atoms with Gasteiger partial charge < -0.3 is 9.88 Å². The van der Waals surface area contributed by atoms with Crippen LogP contribution in [0.15, 0.2) is 34.9 Å². The molecule has 0 bridgehead atoms. The summed E-state index contributed by atoms with van der Waals surface area (Å²) in [6.07, 6.45) is 2.89. The highest BCUT2D eigenvalue weighted by Crippen LogP contribution is 2.22. The molecule has 0 fully saturated rings. The molecule has 17 heavy (non-hydrogen) atoms. The lowest BCUT2D eigenvalue weighted by Gasteiger charge is -2.06. The van der Waals surface area contributed by atoms with E-state index < -0.39 is 0 Å². The molecule has 2 aromatic rings. The van der Waals surface area contributed by atoms with Crippen LogP contribution in [0.4, 0.5) is 0 Å². The molecule has 3 nitrogen and oxygen atoms in total. The van der Waals surface area contributed by atoms with E-state index in [4.69, 9.17) is 0 Å². The smallest absolute Gasteiger partial charge is 0.110 e. The summed E-state index contributed by atoms with van der Waals surface area (Å²) in [7, 11) is 4.02. The second-order valence-corrected chi connectivity index (χ2v) is 4.89. The molecule has 0 radical (unpaired) electrons. The molecule has 0 aliphatic heterocycles. The number of nitrogens with zero attached hydrogens (tertiary/aromatic N) is 2. The first-order valence-electron chi connectivity index (χ1n) is 5.63. The highest BCUT2D eigenvalue weighted by Gasteiger charge is 2.07. The molecule has 0 spiro atoms. The van der Waals surface area contributed by atoms with Crippen LogP contribution < -0.4 is 5.32 Å². The van der Waals surface area contributed by atoms with Crippen molar-refractivity contribution in [2.45, 2.75) is 6.42 Å². The van der Waals surface area contributed by atoms with Gasteiger partial charge in [0.1, 0.15) is 5.82 Å². The van der Waals surface area contributed by atoms with Crippen LogP contribution in [0.25, 0.3) is 11.3 Å². The van der Waals surface area contributed by atoms with Crippen molar-refractivity contribution in [3.05, 3.63) is 40.8 Å². The van der Waals surface area contributed by atoms with Gasteiger partial charge in [-0.2, -0.15) is 0 Å². The van der Waals surface area contributed by atoms with Crippen LogP contribution in [0, 0.1) is 0 Å². The maximum Gasteiger partial charge on any atom is 0.110 e. The molecular weight excluding hydrogens is 278 g/mol. The number of halogens is 1. The molecule has 0 aliphatic carbocycles. The fourth-order valence-corrected chi connectivity index (χ4v) is 2.07.